The van der Waals surface area contributed by atoms with Crippen molar-refractivity contribution < 1.29 is 5.11 Å². The van der Waals surface area contributed by atoms with Gasteiger partial charge in [-0.2, -0.15) is 5.10 Å². The SMILES string of the molecule is O=c1[nH]nc2cc(N3CCCCC3CCO)ncn12. The Kier molecular flexibility index (Phi) is 3.20. The maximum Gasteiger partial charge on any atom is 0.348 e. The van der Waals surface area contributed by atoms with E-state index in [1.165, 1.54) is 17.1 Å². The number of hydrogen-bond donors (Lipinski definition) is 2. The van der Waals surface area contributed by atoms with Crippen LogP contribution in [0.4, 0.5) is 5.82 Å². The molecule has 2 aromatic heterocycles. The maximum atomic E-state index is 11.4. The summed E-state index contributed by atoms with van der Waals surface area (Å²) in [6, 6.07) is 2.13. The molecule has 0 aromatic carbocycles. The van der Waals surface area contributed by atoms with Crippen LogP contribution in [0, 0.1) is 0 Å². The number of H-pyrrole nitrogens is 1. The van der Waals surface area contributed by atoms with E-state index in [0.29, 0.717) is 11.7 Å². The van der Waals surface area contributed by atoms with E-state index in [9.17, 15) is 4.79 Å². The minimum atomic E-state index is -0.278. The van der Waals surface area contributed by atoms with Gasteiger partial charge >= 0.3 is 5.69 Å². The van der Waals surface area contributed by atoms with Crippen molar-refractivity contribution in [3.8, 4) is 0 Å². The Morgan fingerprint density at radius 2 is 2.37 bits per heavy atom. The van der Waals surface area contributed by atoms with E-state index in [2.05, 4.69) is 20.1 Å². The van der Waals surface area contributed by atoms with E-state index in [1.807, 2.05) is 6.07 Å². The second kappa shape index (κ2) is 5.00. The fourth-order valence-electron chi connectivity index (χ4n) is 2.71. The Morgan fingerprint density at radius 1 is 1.47 bits per heavy atom. The predicted molar refractivity (Wildman–Crippen MR) is 70.3 cm³/mol. The minimum Gasteiger partial charge on any atom is -0.396 e. The third-order valence-electron chi connectivity index (χ3n) is 3.68. The van der Waals surface area contributed by atoms with Crippen LogP contribution in [0.1, 0.15) is 25.7 Å². The van der Waals surface area contributed by atoms with Crippen molar-refractivity contribution in [3.63, 3.8) is 0 Å². The van der Waals surface area contributed by atoms with Crippen LogP contribution < -0.4 is 10.6 Å². The van der Waals surface area contributed by atoms with Crippen molar-refractivity contribution in [1.29, 1.82) is 0 Å². The molecule has 0 amide bonds. The van der Waals surface area contributed by atoms with Crippen LogP contribution in [0.5, 0.6) is 0 Å². The van der Waals surface area contributed by atoms with Gasteiger partial charge in [0.15, 0.2) is 5.65 Å². The van der Waals surface area contributed by atoms with Gasteiger partial charge in [0.05, 0.1) is 0 Å². The van der Waals surface area contributed by atoms with Gasteiger partial charge < -0.3 is 10.0 Å². The zero-order valence-corrected chi connectivity index (χ0v) is 10.6. The molecule has 7 heteroatoms. The molecule has 1 aliphatic heterocycles. The molecule has 102 valence electrons. The molecule has 1 atom stereocenters. The smallest absolute Gasteiger partial charge is 0.348 e. The zero-order valence-electron chi connectivity index (χ0n) is 10.6. The normalized spacial score (nSPS) is 20.1. The van der Waals surface area contributed by atoms with Crippen LogP contribution in [-0.2, 0) is 0 Å². The Balaban J connectivity index is 1.94. The molecule has 2 N–H and O–H groups in total. The molecule has 3 heterocycles. The fraction of sp³-hybridized carbons (Fsp3) is 0.583. The van der Waals surface area contributed by atoms with Crippen LogP contribution in [-0.4, -0.2) is 43.9 Å². The van der Waals surface area contributed by atoms with Gasteiger partial charge in [-0.05, 0) is 25.7 Å². The number of nitrogens with zero attached hydrogens (tertiary/aromatic N) is 4. The molecule has 0 radical (unpaired) electrons. The highest BCUT2D eigenvalue weighted by atomic mass is 16.3. The molecule has 1 unspecified atom stereocenters. The average molecular weight is 263 g/mol. The number of rotatable bonds is 3. The first-order valence-electron chi connectivity index (χ1n) is 6.60. The fourth-order valence-corrected chi connectivity index (χ4v) is 2.71. The number of aromatic nitrogens is 4. The first kappa shape index (κ1) is 12.2. The van der Waals surface area contributed by atoms with E-state index < -0.39 is 0 Å². The van der Waals surface area contributed by atoms with Gasteiger partial charge in [0.25, 0.3) is 0 Å². The van der Waals surface area contributed by atoms with Crippen LogP contribution in [0.25, 0.3) is 5.65 Å². The molecule has 1 fully saturated rings. The highest BCUT2D eigenvalue weighted by molar-refractivity contribution is 5.51. The molecule has 0 saturated carbocycles. The summed E-state index contributed by atoms with van der Waals surface area (Å²) >= 11 is 0. The highest BCUT2D eigenvalue weighted by Gasteiger charge is 2.23. The third kappa shape index (κ3) is 2.21. The zero-order chi connectivity index (χ0) is 13.2. The Labute approximate surface area is 109 Å². The molecule has 3 rings (SSSR count). The first-order valence-corrected chi connectivity index (χ1v) is 6.60. The number of fused-ring (bicyclic) bond motifs is 1. The lowest BCUT2D eigenvalue weighted by molar-refractivity contribution is 0.262. The lowest BCUT2D eigenvalue weighted by Crippen LogP contribution is -2.40. The Morgan fingerprint density at radius 3 is 3.21 bits per heavy atom. The highest BCUT2D eigenvalue weighted by Crippen LogP contribution is 2.25. The van der Waals surface area contributed by atoms with E-state index in [1.54, 1.807) is 0 Å². The van der Waals surface area contributed by atoms with E-state index in [-0.39, 0.29) is 12.3 Å². The van der Waals surface area contributed by atoms with Gasteiger partial charge in [-0.3, -0.25) is 0 Å². The summed E-state index contributed by atoms with van der Waals surface area (Å²) in [5, 5.41) is 15.5. The second-order valence-corrected chi connectivity index (χ2v) is 4.86. The summed E-state index contributed by atoms with van der Waals surface area (Å²) in [5.41, 5.74) is 0.294. The van der Waals surface area contributed by atoms with Crippen molar-refractivity contribution in [2.24, 2.45) is 0 Å². The summed E-state index contributed by atoms with van der Waals surface area (Å²) in [5.74, 6) is 0.824. The second-order valence-electron chi connectivity index (χ2n) is 4.86. The monoisotopic (exact) mass is 263 g/mol. The summed E-state index contributed by atoms with van der Waals surface area (Å²) < 4.78 is 1.38. The molecule has 1 aliphatic rings. The molecule has 1 saturated heterocycles. The predicted octanol–water partition coefficient (Wildman–Crippen LogP) is 0.159. The molecule has 7 nitrogen and oxygen atoms in total. The van der Waals surface area contributed by atoms with Crippen molar-refractivity contribution >= 4 is 11.5 Å². The number of anilines is 1. The van der Waals surface area contributed by atoms with Gasteiger partial charge in [0, 0.05) is 25.3 Å². The summed E-state index contributed by atoms with van der Waals surface area (Å²) in [6.45, 7) is 1.12. The standard InChI is InChI=1S/C12H17N5O2/c18-6-4-9-3-1-2-5-16(9)10-7-11-14-15-12(19)17(11)8-13-10/h7-9,18H,1-6H2,(H,15,19). The number of piperidine rings is 1. The van der Waals surface area contributed by atoms with E-state index in [4.69, 9.17) is 5.11 Å². The molecule has 2 aromatic rings. The lowest BCUT2D eigenvalue weighted by atomic mass is 10.00. The van der Waals surface area contributed by atoms with Crippen molar-refractivity contribution in [3.05, 3.63) is 22.9 Å². The number of aromatic amines is 1. The summed E-state index contributed by atoms with van der Waals surface area (Å²) in [4.78, 5) is 17.9. The molecule has 0 aliphatic carbocycles. The third-order valence-corrected chi connectivity index (χ3v) is 3.68. The Hall–Kier alpha value is -1.89. The van der Waals surface area contributed by atoms with Crippen LogP contribution in [0.15, 0.2) is 17.2 Å². The van der Waals surface area contributed by atoms with Crippen molar-refractivity contribution in [2.45, 2.75) is 31.7 Å². The number of nitrogens with one attached hydrogen (secondary N) is 1. The van der Waals surface area contributed by atoms with Crippen molar-refractivity contribution in [2.75, 3.05) is 18.1 Å². The van der Waals surface area contributed by atoms with Gasteiger partial charge in [-0.1, -0.05) is 0 Å². The largest absolute Gasteiger partial charge is 0.396 e. The minimum absolute atomic E-state index is 0.186. The first-order chi connectivity index (χ1) is 9.29. The molecule has 0 spiro atoms. The molecular weight excluding hydrogens is 246 g/mol. The topological polar surface area (TPSA) is 86.5 Å². The maximum absolute atomic E-state index is 11.4. The van der Waals surface area contributed by atoms with E-state index >= 15 is 0 Å². The van der Waals surface area contributed by atoms with Gasteiger partial charge in [-0.15, -0.1) is 0 Å². The quantitative estimate of drug-likeness (QED) is 0.823. The summed E-state index contributed by atoms with van der Waals surface area (Å²) in [6.07, 6.45) is 5.63. The number of aliphatic hydroxyl groups is 1. The van der Waals surface area contributed by atoms with Gasteiger partial charge in [0.1, 0.15) is 12.1 Å². The number of aliphatic hydroxyl groups excluding tert-OH is 1. The van der Waals surface area contributed by atoms with Crippen LogP contribution in [0.3, 0.4) is 0 Å². The average Bonchev–Trinajstić information content (AvgIpc) is 2.81. The molecule has 19 heavy (non-hydrogen) atoms. The molecule has 0 bridgehead atoms. The Bertz CT molecular complexity index is 618. The summed E-state index contributed by atoms with van der Waals surface area (Å²) in [7, 11) is 0. The van der Waals surface area contributed by atoms with E-state index in [0.717, 1.165) is 31.6 Å². The van der Waals surface area contributed by atoms with Crippen LogP contribution >= 0.6 is 0 Å². The van der Waals surface area contributed by atoms with Gasteiger partial charge in [-0.25, -0.2) is 19.3 Å². The lowest BCUT2D eigenvalue weighted by Gasteiger charge is -2.36. The van der Waals surface area contributed by atoms with Crippen LogP contribution in [0.2, 0.25) is 0 Å². The van der Waals surface area contributed by atoms with Gasteiger partial charge in [0.2, 0.25) is 0 Å². The number of hydrogen-bond acceptors (Lipinski definition) is 5. The van der Waals surface area contributed by atoms with Crippen molar-refractivity contribution in [1.82, 2.24) is 19.6 Å². The molecular formula is C12H17N5O2.